The number of para-hydroxylation sites is 1. The summed E-state index contributed by atoms with van der Waals surface area (Å²) < 4.78 is 5.74. The molecule has 1 aliphatic heterocycles. The van der Waals surface area contributed by atoms with E-state index < -0.39 is 0 Å². The number of rotatable bonds is 7. The number of nitrogens with zero attached hydrogens (tertiary/aromatic N) is 1. The normalized spacial score (nSPS) is 20.1. The Morgan fingerprint density at radius 1 is 1.32 bits per heavy atom. The summed E-state index contributed by atoms with van der Waals surface area (Å²) in [7, 11) is 0. The minimum atomic E-state index is 0.593. The van der Waals surface area contributed by atoms with E-state index in [-0.39, 0.29) is 0 Å². The third-order valence-corrected chi connectivity index (χ3v) is 3.60. The molecule has 2 rings (SSSR count). The van der Waals surface area contributed by atoms with Crippen LogP contribution < -0.4 is 10.1 Å². The molecular formula is C16H26N2O. The van der Waals surface area contributed by atoms with Crippen LogP contribution in [0.1, 0.15) is 20.3 Å². The Labute approximate surface area is 116 Å². The third-order valence-electron chi connectivity index (χ3n) is 3.60. The Hall–Kier alpha value is -1.06. The molecule has 1 N–H and O–H groups in total. The highest BCUT2D eigenvalue weighted by Crippen LogP contribution is 2.15. The lowest BCUT2D eigenvalue weighted by Gasteiger charge is -2.17. The van der Waals surface area contributed by atoms with Crippen molar-refractivity contribution in [3.05, 3.63) is 30.3 Å². The second-order valence-electron chi connectivity index (χ2n) is 5.68. The summed E-state index contributed by atoms with van der Waals surface area (Å²) in [4.78, 5) is 2.51. The summed E-state index contributed by atoms with van der Waals surface area (Å²) in [5, 5.41) is 3.53. The van der Waals surface area contributed by atoms with Gasteiger partial charge in [0.25, 0.3) is 0 Å². The van der Waals surface area contributed by atoms with Crippen LogP contribution in [0.5, 0.6) is 5.75 Å². The Balaban J connectivity index is 1.60. The zero-order chi connectivity index (χ0) is 13.5. The average molecular weight is 262 g/mol. The van der Waals surface area contributed by atoms with Gasteiger partial charge in [0.15, 0.2) is 0 Å². The molecule has 3 heteroatoms. The molecule has 0 aliphatic carbocycles. The summed E-state index contributed by atoms with van der Waals surface area (Å²) in [6.45, 7) is 9.80. The predicted octanol–water partition coefficient (Wildman–Crippen LogP) is 2.39. The summed E-state index contributed by atoms with van der Waals surface area (Å²) in [6, 6.07) is 10.7. The maximum absolute atomic E-state index is 5.74. The van der Waals surface area contributed by atoms with E-state index in [1.54, 1.807) is 0 Å². The molecule has 0 bridgehead atoms. The molecule has 0 amide bonds. The van der Waals surface area contributed by atoms with Crippen molar-refractivity contribution >= 4 is 0 Å². The lowest BCUT2D eigenvalue weighted by molar-refractivity contribution is 0.232. The molecule has 1 fully saturated rings. The molecule has 0 aromatic heterocycles. The van der Waals surface area contributed by atoms with Crippen molar-refractivity contribution in [3.8, 4) is 5.75 Å². The number of ether oxygens (including phenoxy) is 1. The summed E-state index contributed by atoms with van der Waals surface area (Å²) in [5.41, 5.74) is 0. The molecule has 19 heavy (non-hydrogen) atoms. The Kier molecular flexibility index (Phi) is 5.67. The van der Waals surface area contributed by atoms with Gasteiger partial charge >= 0.3 is 0 Å². The van der Waals surface area contributed by atoms with Crippen molar-refractivity contribution in [2.75, 3.05) is 32.8 Å². The van der Waals surface area contributed by atoms with Crippen molar-refractivity contribution in [1.29, 1.82) is 0 Å². The minimum Gasteiger partial charge on any atom is -0.492 e. The molecule has 1 unspecified atom stereocenters. The number of benzene rings is 1. The van der Waals surface area contributed by atoms with Gasteiger partial charge in [0.2, 0.25) is 0 Å². The van der Waals surface area contributed by atoms with Crippen LogP contribution in [-0.4, -0.2) is 43.7 Å². The van der Waals surface area contributed by atoms with Gasteiger partial charge in [-0.2, -0.15) is 0 Å². The van der Waals surface area contributed by atoms with Crippen molar-refractivity contribution in [2.24, 2.45) is 5.92 Å². The summed E-state index contributed by atoms with van der Waals surface area (Å²) >= 11 is 0. The fourth-order valence-electron chi connectivity index (χ4n) is 2.49. The maximum Gasteiger partial charge on any atom is 0.119 e. The number of hydrogen-bond donors (Lipinski definition) is 1. The minimum absolute atomic E-state index is 0.593. The van der Waals surface area contributed by atoms with Crippen LogP contribution in [0.4, 0.5) is 0 Å². The number of nitrogens with one attached hydrogen (secondary N) is 1. The molecular weight excluding hydrogens is 236 g/mol. The topological polar surface area (TPSA) is 24.5 Å². The molecule has 1 aromatic rings. The Morgan fingerprint density at radius 2 is 2.11 bits per heavy atom. The molecule has 1 aromatic carbocycles. The summed E-state index contributed by atoms with van der Waals surface area (Å²) in [5.74, 6) is 1.78. The SMILES string of the molecule is CC(C)NCC1CCN(CCOc2ccccc2)C1. The molecule has 1 saturated heterocycles. The van der Waals surface area contributed by atoms with Crippen LogP contribution in [0.3, 0.4) is 0 Å². The number of hydrogen-bond acceptors (Lipinski definition) is 3. The van der Waals surface area contributed by atoms with E-state index in [0.717, 1.165) is 31.4 Å². The van der Waals surface area contributed by atoms with Gasteiger partial charge in [-0.25, -0.2) is 0 Å². The van der Waals surface area contributed by atoms with Gasteiger partial charge in [-0.3, -0.25) is 4.90 Å². The van der Waals surface area contributed by atoms with Crippen LogP contribution in [0, 0.1) is 5.92 Å². The second kappa shape index (κ2) is 7.51. The molecule has 0 saturated carbocycles. The van der Waals surface area contributed by atoms with Gasteiger partial charge in [-0.05, 0) is 37.6 Å². The summed E-state index contributed by atoms with van der Waals surface area (Å²) in [6.07, 6.45) is 1.31. The van der Waals surface area contributed by atoms with Crippen molar-refractivity contribution in [2.45, 2.75) is 26.3 Å². The second-order valence-corrected chi connectivity index (χ2v) is 5.68. The lowest BCUT2D eigenvalue weighted by Crippen LogP contribution is -2.31. The van der Waals surface area contributed by atoms with Crippen LogP contribution in [0.2, 0.25) is 0 Å². The standard InChI is InChI=1S/C16H26N2O/c1-14(2)17-12-15-8-9-18(13-15)10-11-19-16-6-4-3-5-7-16/h3-7,14-15,17H,8-13H2,1-2H3. The van der Waals surface area contributed by atoms with Crippen LogP contribution in [-0.2, 0) is 0 Å². The monoisotopic (exact) mass is 262 g/mol. The average Bonchev–Trinajstić information content (AvgIpc) is 2.86. The molecule has 0 radical (unpaired) electrons. The fourth-order valence-corrected chi connectivity index (χ4v) is 2.49. The van der Waals surface area contributed by atoms with Gasteiger partial charge in [-0.1, -0.05) is 32.0 Å². The molecule has 3 nitrogen and oxygen atoms in total. The third kappa shape index (κ3) is 5.21. The highest BCUT2D eigenvalue weighted by molar-refractivity contribution is 5.20. The van der Waals surface area contributed by atoms with Crippen LogP contribution in [0.25, 0.3) is 0 Å². The highest BCUT2D eigenvalue weighted by Gasteiger charge is 2.21. The van der Waals surface area contributed by atoms with Crippen LogP contribution in [0.15, 0.2) is 30.3 Å². The van der Waals surface area contributed by atoms with Crippen molar-refractivity contribution in [3.63, 3.8) is 0 Å². The quantitative estimate of drug-likeness (QED) is 0.816. The molecule has 1 heterocycles. The fraction of sp³-hybridized carbons (Fsp3) is 0.625. The van der Waals surface area contributed by atoms with Gasteiger partial charge in [-0.15, -0.1) is 0 Å². The van der Waals surface area contributed by atoms with E-state index in [1.807, 2.05) is 30.3 Å². The Morgan fingerprint density at radius 3 is 2.84 bits per heavy atom. The van der Waals surface area contributed by atoms with E-state index in [4.69, 9.17) is 4.74 Å². The maximum atomic E-state index is 5.74. The first kappa shape index (κ1) is 14.4. The van der Waals surface area contributed by atoms with Gasteiger partial charge in [0.05, 0.1) is 0 Å². The first-order valence-corrected chi connectivity index (χ1v) is 7.37. The molecule has 1 aliphatic rings. The molecule has 106 valence electrons. The van der Waals surface area contributed by atoms with Gasteiger partial charge in [0, 0.05) is 19.1 Å². The van der Waals surface area contributed by atoms with E-state index in [2.05, 4.69) is 24.1 Å². The first-order chi connectivity index (χ1) is 9.24. The zero-order valence-electron chi connectivity index (χ0n) is 12.1. The van der Waals surface area contributed by atoms with E-state index in [1.165, 1.54) is 19.5 Å². The van der Waals surface area contributed by atoms with E-state index in [0.29, 0.717) is 6.04 Å². The number of likely N-dealkylation sites (tertiary alicyclic amines) is 1. The highest BCUT2D eigenvalue weighted by atomic mass is 16.5. The lowest BCUT2D eigenvalue weighted by atomic mass is 10.1. The smallest absolute Gasteiger partial charge is 0.119 e. The zero-order valence-corrected chi connectivity index (χ0v) is 12.1. The van der Waals surface area contributed by atoms with Crippen molar-refractivity contribution < 1.29 is 4.74 Å². The Bertz CT molecular complexity index is 353. The van der Waals surface area contributed by atoms with E-state index >= 15 is 0 Å². The van der Waals surface area contributed by atoms with Crippen molar-refractivity contribution in [1.82, 2.24) is 10.2 Å². The molecule has 1 atom stereocenters. The van der Waals surface area contributed by atoms with E-state index in [9.17, 15) is 0 Å². The van der Waals surface area contributed by atoms with Gasteiger partial charge < -0.3 is 10.1 Å². The van der Waals surface area contributed by atoms with Gasteiger partial charge in [0.1, 0.15) is 12.4 Å². The molecule has 0 spiro atoms. The largest absolute Gasteiger partial charge is 0.492 e. The predicted molar refractivity (Wildman–Crippen MR) is 79.6 cm³/mol. The first-order valence-electron chi connectivity index (χ1n) is 7.37. The van der Waals surface area contributed by atoms with Crippen LogP contribution >= 0.6 is 0 Å².